The summed E-state index contributed by atoms with van der Waals surface area (Å²) in [5, 5.41) is 9.19. The van der Waals surface area contributed by atoms with Crippen LogP contribution in [0.2, 0.25) is 0 Å². The van der Waals surface area contributed by atoms with E-state index in [9.17, 15) is 0 Å². The molecule has 3 nitrogen and oxygen atoms in total. The first-order chi connectivity index (χ1) is 8.15. The first-order valence-electron chi connectivity index (χ1n) is 5.41. The lowest BCUT2D eigenvalue weighted by molar-refractivity contribution is 0.733. The second-order valence-corrected chi connectivity index (χ2v) is 5.31. The summed E-state index contributed by atoms with van der Waals surface area (Å²) in [5.74, 6) is 1.88. The fraction of sp³-hybridized carbons (Fsp3) is 0.333. The zero-order valence-corrected chi connectivity index (χ0v) is 12.9. The maximum absolute atomic E-state index is 4.27. The molecule has 1 aromatic carbocycles. The van der Waals surface area contributed by atoms with E-state index in [-0.39, 0.29) is 0 Å². The van der Waals surface area contributed by atoms with E-state index in [1.54, 1.807) is 0 Å². The van der Waals surface area contributed by atoms with Crippen molar-refractivity contribution in [1.29, 1.82) is 0 Å². The van der Waals surface area contributed by atoms with E-state index in [1.807, 2.05) is 0 Å². The average Bonchev–Trinajstić information content (AvgIpc) is 2.70. The van der Waals surface area contributed by atoms with Gasteiger partial charge in [-0.25, -0.2) is 0 Å². The van der Waals surface area contributed by atoms with Crippen molar-refractivity contribution in [3.63, 3.8) is 0 Å². The molecule has 0 N–H and O–H groups in total. The van der Waals surface area contributed by atoms with Crippen molar-refractivity contribution < 1.29 is 0 Å². The van der Waals surface area contributed by atoms with Crippen molar-refractivity contribution >= 4 is 31.9 Å². The Morgan fingerprint density at radius 3 is 2.59 bits per heavy atom. The van der Waals surface area contributed by atoms with Crippen LogP contribution in [0, 0.1) is 6.92 Å². The molecule has 17 heavy (non-hydrogen) atoms. The number of aryl methyl sites for hydroxylation is 1. The number of nitrogens with zero attached hydrogens (tertiary/aromatic N) is 3. The van der Waals surface area contributed by atoms with Gasteiger partial charge in [0.25, 0.3) is 0 Å². The number of hydrogen-bond acceptors (Lipinski definition) is 2. The van der Waals surface area contributed by atoms with Crippen LogP contribution in [0.25, 0.3) is 11.4 Å². The molecular formula is C12H13Br2N3. The summed E-state index contributed by atoms with van der Waals surface area (Å²) < 4.78 is 3.19. The van der Waals surface area contributed by atoms with Crippen molar-refractivity contribution in [2.24, 2.45) is 0 Å². The number of alkyl halides is 1. The molecule has 0 fully saturated rings. The fourth-order valence-corrected chi connectivity index (χ4v) is 2.87. The molecule has 1 heterocycles. The van der Waals surface area contributed by atoms with E-state index in [0.717, 1.165) is 33.6 Å². The van der Waals surface area contributed by atoms with Gasteiger partial charge in [0.15, 0.2) is 5.82 Å². The van der Waals surface area contributed by atoms with Crippen LogP contribution in [0.4, 0.5) is 0 Å². The summed E-state index contributed by atoms with van der Waals surface area (Å²) in [4.78, 5) is 0. The number of aromatic nitrogens is 3. The second kappa shape index (κ2) is 5.31. The fourth-order valence-electron chi connectivity index (χ4n) is 1.85. The third-order valence-electron chi connectivity index (χ3n) is 2.56. The molecule has 0 saturated carbocycles. The van der Waals surface area contributed by atoms with Crippen molar-refractivity contribution in [2.75, 3.05) is 0 Å². The zero-order valence-electron chi connectivity index (χ0n) is 9.74. The Kier molecular flexibility index (Phi) is 3.99. The van der Waals surface area contributed by atoms with Crippen molar-refractivity contribution in [3.05, 3.63) is 34.1 Å². The third-order valence-corrected chi connectivity index (χ3v) is 3.52. The predicted molar refractivity (Wildman–Crippen MR) is 76.2 cm³/mol. The normalized spacial score (nSPS) is 10.8. The molecule has 2 aromatic rings. The van der Waals surface area contributed by atoms with Crippen LogP contribution in [-0.2, 0) is 11.9 Å². The van der Waals surface area contributed by atoms with Gasteiger partial charge < -0.3 is 4.57 Å². The van der Waals surface area contributed by atoms with Crippen molar-refractivity contribution in [3.8, 4) is 11.4 Å². The van der Waals surface area contributed by atoms with E-state index < -0.39 is 0 Å². The van der Waals surface area contributed by atoms with Gasteiger partial charge in [0, 0.05) is 16.6 Å². The summed E-state index contributed by atoms with van der Waals surface area (Å²) >= 11 is 6.95. The van der Waals surface area contributed by atoms with Gasteiger partial charge in [-0.05, 0) is 37.6 Å². The lowest BCUT2D eigenvalue weighted by Crippen LogP contribution is -2.02. The Labute approximate surface area is 118 Å². The lowest BCUT2D eigenvalue weighted by Gasteiger charge is -2.07. The maximum atomic E-state index is 4.27. The first-order valence-corrected chi connectivity index (χ1v) is 7.32. The van der Waals surface area contributed by atoms with Crippen LogP contribution in [0.5, 0.6) is 0 Å². The Bertz CT molecular complexity index is 514. The first kappa shape index (κ1) is 12.8. The Morgan fingerprint density at radius 2 is 2.00 bits per heavy atom. The standard InChI is InChI=1S/C12H13Br2N3/c1-3-17-11(7-13)15-16-12(17)9-4-8(2)5-10(14)6-9/h4-6H,3,7H2,1-2H3. The van der Waals surface area contributed by atoms with Crippen LogP contribution in [0.1, 0.15) is 18.3 Å². The Balaban J connectivity index is 2.55. The molecule has 0 bridgehead atoms. The molecule has 0 saturated heterocycles. The largest absolute Gasteiger partial charge is 0.311 e. The molecule has 0 aliphatic rings. The second-order valence-electron chi connectivity index (χ2n) is 3.83. The van der Waals surface area contributed by atoms with Crippen LogP contribution in [0.3, 0.4) is 0 Å². The van der Waals surface area contributed by atoms with Crippen LogP contribution < -0.4 is 0 Å². The molecule has 0 spiro atoms. The minimum Gasteiger partial charge on any atom is -0.311 e. The highest BCUT2D eigenvalue weighted by Gasteiger charge is 2.12. The topological polar surface area (TPSA) is 30.7 Å². The van der Waals surface area contributed by atoms with Crippen molar-refractivity contribution in [2.45, 2.75) is 25.7 Å². The van der Waals surface area contributed by atoms with Gasteiger partial charge in [-0.2, -0.15) is 0 Å². The van der Waals surface area contributed by atoms with E-state index in [2.05, 4.69) is 78.7 Å². The highest BCUT2D eigenvalue weighted by atomic mass is 79.9. The number of benzene rings is 1. The molecule has 0 amide bonds. The van der Waals surface area contributed by atoms with Gasteiger partial charge in [0.2, 0.25) is 0 Å². The number of halogens is 2. The monoisotopic (exact) mass is 357 g/mol. The molecular weight excluding hydrogens is 346 g/mol. The Hall–Kier alpha value is -0.680. The summed E-state index contributed by atoms with van der Waals surface area (Å²) in [7, 11) is 0. The van der Waals surface area contributed by atoms with Crippen molar-refractivity contribution in [1.82, 2.24) is 14.8 Å². The SMILES string of the molecule is CCn1c(CBr)nnc1-c1cc(C)cc(Br)c1. The molecule has 0 unspecified atom stereocenters. The van der Waals surface area contributed by atoms with Gasteiger partial charge in [-0.15, -0.1) is 10.2 Å². The minimum atomic E-state index is 0.723. The average molecular weight is 359 g/mol. The molecule has 0 atom stereocenters. The van der Waals surface area contributed by atoms with E-state index in [4.69, 9.17) is 0 Å². The van der Waals surface area contributed by atoms with Gasteiger partial charge in [-0.3, -0.25) is 0 Å². The summed E-state index contributed by atoms with van der Waals surface area (Å²) in [6.45, 7) is 5.05. The number of hydrogen-bond donors (Lipinski definition) is 0. The Morgan fingerprint density at radius 1 is 1.24 bits per heavy atom. The molecule has 0 radical (unpaired) electrons. The van der Waals surface area contributed by atoms with E-state index in [0.29, 0.717) is 0 Å². The smallest absolute Gasteiger partial charge is 0.164 e. The molecule has 0 aliphatic heterocycles. The van der Waals surface area contributed by atoms with Crippen LogP contribution in [-0.4, -0.2) is 14.8 Å². The molecule has 1 aromatic heterocycles. The van der Waals surface area contributed by atoms with E-state index in [1.165, 1.54) is 5.56 Å². The van der Waals surface area contributed by atoms with E-state index >= 15 is 0 Å². The molecule has 0 aliphatic carbocycles. The highest BCUT2D eigenvalue weighted by molar-refractivity contribution is 9.10. The number of rotatable bonds is 3. The third kappa shape index (κ3) is 2.60. The molecule has 90 valence electrons. The summed E-state index contributed by atoms with van der Waals surface area (Å²) in [6, 6.07) is 6.28. The molecule has 2 rings (SSSR count). The highest BCUT2D eigenvalue weighted by Crippen LogP contribution is 2.24. The van der Waals surface area contributed by atoms with Gasteiger partial charge >= 0.3 is 0 Å². The molecule has 5 heteroatoms. The van der Waals surface area contributed by atoms with Gasteiger partial charge in [0.1, 0.15) is 5.82 Å². The maximum Gasteiger partial charge on any atom is 0.164 e. The van der Waals surface area contributed by atoms with Crippen LogP contribution in [0.15, 0.2) is 22.7 Å². The lowest BCUT2D eigenvalue weighted by atomic mass is 10.1. The summed E-state index contributed by atoms with van der Waals surface area (Å²) in [5.41, 5.74) is 2.30. The minimum absolute atomic E-state index is 0.723. The van der Waals surface area contributed by atoms with Crippen LogP contribution >= 0.6 is 31.9 Å². The predicted octanol–water partition coefficient (Wildman–Crippen LogP) is 3.93. The quantitative estimate of drug-likeness (QED) is 0.778. The van der Waals surface area contributed by atoms with Gasteiger partial charge in [0.05, 0.1) is 5.33 Å². The zero-order chi connectivity index (χ0) is 12.4. The summed E-state index contributed by atoms with van der Waals surface area (Å²) in [6.07, 6.45) is 0. The van der Waals surface area contributed by atoms with Gasteiger partial charge in [-0.1, -0.05) is 31.9 Å².